The van der Waals surface area contributed by atoms with Crippen LogP contribution in [0.4, 0.5) is 17.3 Å². The lowest BCUT2D eigenvalue weighted by molar-refractivity contribution is 0.126. The second-order valence-electron chi connectivity index (χ2n) is 11.1. The fraction of sp³-hybridized carbons (Fsp3) is 0.516. The minimum atomic E-state index is -0.180. The summed E-state index contributed by atoms with van der Waals surface area (Å²) in [7, 11) is 0. The van der Waals surface area contributed by atoms with Crippen molar-refractivity contribution in [1.29, 1.82) is 0 Å². The van der Waals surface area contributed by atoms with E-state index in [2.05, 4.69) is 54.9 Å². The number of hydrogen-bond donors (Lipinski definition) is 2. The third-order valence-electron chi connectivity index (χ3n) is 7.81. The molecule has 1 saturated heterocycles. The number of aromatic nitrogens is 3. The molecule has 2 aliphatic rings. The van der Waals surface area contributed by atoms with Gasteiger partial charge in [-0.25, -0.2) is 9.98 Å². The number of aliphatic hydroxyl groups excluding tert-OH is 1. The molecule has 0 radical (unpaired) electrons. The van der Waals surface area contributed by atoms with Crippen LogP contribution in [0.2, 0.25) is 0 Å². The van der Waals surface area contributed by atoms with E-state index in [0.29, 0.717) is 6.04 Å². The number of aryl methyl sites for hydroxylation is 2. The van der Waals surface area contributed by atoms with E-state index >= 15 is 0 Å². The molecule has 0 unspecified atom stereocenters. The zero-order valence-corrected chi connectivity index (χ0v) is 23.2. The Morgan fingerprint density at radius 1 is 1.13 bits per heavy atom. The summed E-state index contributed by atoms with van der Waals surface area (Å²) in [4.78, 5) is 12.5. The highest BCUT2D eigenvalue weighted by atomic mass is 16.3. The highest BCUT2D eigenvalue weighted by molar-refractivity contribution is 6.12. The summed E-state index contributed by atoms with van der Waals surface area (Å²) in [6, 6.07) is 11.0. The van der Waals surface area contributed by atoms with E-state index in [-0.39, 0.29) is 6.10 Å². The number of anilines is 2. The Balaban J connectivity index is 1.56. The fourth-order valence-corrected chi connectivity index (χ4v) is 5.57. The third kappa shape index (κ3) is 5.93. The van der Waals surface area contributed by atoms with Crippen molar-refractivity contribution in [3.8, 4) is 0 Å². The number of fused-ring (bicyclic) bond motifs is 1. The van der Waals surface area contributed by atoms with E-state index in [0.717, 1.165) is 98.0 Å². The number of nitrogens with zero attached hydrogens (tertiary/aromatic N) is 5. The number of aliphatic hydroxyl groups is 1. The van der Waals surface area contributed by atoms with E-state index in [4.69, 9.17) is 15.1 Å². The topological polar surface area (TPSA) is 78.0 Å². The third-order valence-corrected chi connectivity index (χ3v) is 7.81. The molecule has 1 aliphatic carbocycles. The Morgan fingerprint density at radius 2 is 1.89 bits per heavy atom. The first-order valence-corrected chi connectivity index (χ1v) is 14.4. The van der Waals surface area contributed by atoms with Crippen molar-refractivity contribution >= 4 is 28.7 Å². The molecule has 0 spiro atoms. The number of nitrogens with one attached hydrogen (secondary N) is 1. The van der Waals surface area contributed by atoms with Gasteiger partial charge in [0.25, 0.3) is 0 Å². The van der Waals surface area contributed by atoms with Crippen molar-refractivity contribution in [2.24, 2.45) is 4.99 Å². The maximum Gasteiger partial charge on any atom is 0.160 e. The first kappa shape index (κ1) is 26.4. The van der Waals surface area contributed by atoms with Crippen LogP contribution in [0, 0.1) is 6.92 Å². The van der Waals surface area contributed by atoms with Crippen LogP contribution in [0.5, 0.6) is 0 Å². The normalized spacial score (nSPS) is 20.3. The van der Waals surface area contributed by atoms with Crippen molar-refractivity contribution in [2.45, 2.75) is 90.7 Å². The quantitative estimate of drug-likeness (QED) is 0.323. The molecule has 0 atom stereocenters. The molecular weight excluding hydrogens is 472 g/mol. The highest BCUT2D eigenvalue weighted by Crippen LogP contribution is 2.29. The summed E-state index contributed by atoms with van der Waals surface area (Å²) in [6.45, 7) is 12.7. The number of benzene rings is 1. The molecule has 0 bridgehead atoms. The van der Waals surface area contributed by atoms with Gasteiger partial charge in [0.2, 0.25) is 0 Å². The van der Waals surface area contributed by atoms with Crippen LogP contribution >= 0.6 is 0 Å². The average molecular weight is 515 g/mol. The fourth-order valence-electron chi connectivity index (χ4n) is 5.57. The maximum atomic E-state index is 9.99. The second kappa shape index (κ2) is 11.7. The van der Waals surface area contributed by atoms with Crippen LogP contribution in [-0.4, -0.2) is 50.7 Å². The summed E-state index contributed by atoms with van der Waals surface area (Å²) < 4.78 is 1.92. The number of unbranched alkanes of at least 4 members (excludes halogenated alkanes) is 1. The van der Waals surface area contributed by atoms with E-state index in [1.54, 1.807) is 0 Å². The van der Waals surface area contributed by atoms with Gasteiger partial charge in [0.1, 0.15) is 17.3 Å². The first-order valence-electron chi connectivity index (χ1n) is 14.4. The summed E-state index contributed by atoms with van der Waals surface area (Å²) in [5.41, 5.74) is 6.73. The maximum absolute atomic E-state index is 9.99. The van der Waals surface area contributed by atoms with Gasteiger partial charge in [0, 0.05) is 31.3 Å². The van der Waals surface area contributed by atoms with E-state index in [1.165, 1.54) is 24.0 Å². The van der Waals surface area contributed by atoms with Crippen molar-refractivity contribution in [2.75, 3.05) is 23.3 Å². The smallest absolute Gasteiger partial charge is 0.160 e. The van der Waals surface area contributed by atoms with Crippen molar-refractivity contribution in [3.63, 3.8) is 0 Å². The molecule has 2 N–H and O–H groups in total. The van der Waals surface area contributed by atoms with Crippen LogP contribution in [-0.2, 0) is 6.42 Å². The molecule has 202 valence electrons. The van der Waals surface area contributed by atoms with Crippen molar-refractivity contribution in [1.82, 2.24) is 14.6 Å². The van der Waals surface area contributed by atoms with Crippen LogP contribution < -0.4 is 10.2 Å². The van der Waals surface area contributed by atoms with Gasteiger partial charge in [-0.05, 0) is 88.0 Å². The Hall–Kier alpha value is -3.19. The standard InChI is InChI=1S/C31H42N6O/c1-5-6-9-23-11-10-22(4)18-26(23)33-31(21(2)3)27-19-29-34-28(36-16-7-8-17-36)20-30(37(29)35-27)32-24-12-14-25(38)15-13-24/h10-11,18-20,24-25,32,38H,2,5-9,12-17H2,1,3-4H3/b33-31+/t24-,25-. The number of aliphatic imine (C=N–C) groups is 1. The largest absolute Gasteiger partial charge is 0.393 e. The number of hydrogen-bond acceptors (Lipinski definition) is 6. The Labute approximate surface area is 226 Å². The van der Waals surface area contributed by atoms with Gasteiger partial charge in [-0.2, -0.15) is 9.61 Å². The van der Waals surface area contributed by atoms with Crippen molar-refractivity contribution < 1.29 is 5.11 Å². The van der Waals surface area contributed by atoms with E-state index in [1.807, 2.05) is 17.5 Å². The molecule has 3 heterocycles. The van der Waals surface area contributed by atoms with Gasteiger partial charge in [0.05, 0.1) is 17.5 Å². The average Bonchev–Trinajstić information content (AvgIpc) is 3.58. The lowest BCUT2D eigenvalue weighted by Crippen LogP contribution is -2.29. The summed E-state index contributed by atoms with van der Waals surface area (Å²) in [5.74, 6) is 1.94. The lowest BCUT2D eigenvalue weighted by atomic mass is 9.93. The lowest BCUT2D eigenvalue weighted by Gasteiger charge is -2.27. The molecule has 2 aromatic heterocycles. The minimum Gasteiger partial charge on any atom is -0.393 e. The summed E-state index contributed by atoms with van der Waals surface area (Å²) in [5, 5.41) is 18.8. The first-order chi connectivity index (χ1) is 18.4. The molecule has 1 saturated carbocycles. The van der Waals surface area contributed by atoms with Gasteiger partial charge < -0.3 is 15.3 Å². The predicted octanol–water partition coefficient (Wildman–Crippen LogP) is 6.39. The van der Waals surface area contributed by atoms with E-state index in [9.17, 15) is 5.11 Å². The second-order valence-corrected chi connectivity index (χ2v) is 11.1. The van der Waals surface area contributed by atoms with Crippen molar-refractivity contribution in [3.05, 3.63) is 59.3 Å². The molecular formula is C31H42N6O. The highest BCUT2D eigenvalue weighted by Gasteiger charge is 2.23. The van der Waals surface area contributed by atoms with Gasteiger partial charge in [0.15, 0.2) is 5.65 Å². The number of allylic oxidation sites excluding steroid dienone is 1. The Bertz CT molecular complexity index is 1310. The molecule has 0 amide bonds. The summed E-state index contributed by atoms with van der Waals surface area (Å²) in [6.07, 6.45) is 9.08. The predicted molar refractivity (Wildman–Crippen MR) is 157 cm³/mol. The van der Waals surface area contributed by atoms with Gasteiger partial charge in [-0.15, -0.1) is 0 Å². The molecule has 2 fully saturated rings. The molecule has 7 heteroatoms. The molecule has 1 aliphatic heterocycles. The van der Waals surface area contributed by atoms with Crippen LogP contribution in [0.3, 0.4) is 0 Å². The molecule has 3 aromatic rings. The monoisotopic (exact) mass is 514 g/mol. The zero-order chi connectivity index (χ0) is 26.6. The molecule has 5 rings (SSSR count). The Kier molecular flexibility index (Phi) is 8.12. The van der Waals surface area contributed by atoms with Crippen LogP contribution in [0.1, 0.15) is 82.0 Å². The minimum absolute atomic E-state index is 0.180. The Morgan fingerprint density at radius 3 is 2.61 bits per heavy atom. The molecule has 1 aromatic carbocycles. The van der Waals surface area contributed by atoms with Gasteiger partial charge >= 0.3 is 0 Å². The zero-order valence-electron chi connectivity index (χ0n) is 23.2. The van der Waals surface area contributed by atoms with Crippen LogP contribution in [0.25, 0.3) is 5.65 Å². The van der Waals surface area contributed by atoms with Gasteiger partial charge in [-0.3, -0.25) is 0 Å². The molecule has 38 heavy (non-hydrogen) atoms. The number of rotatable bonds is 9. The summed E-state index contributed by atoms with van der Waals surface area (Å²) >= 11 is 0. The van der Waals surface area contributed by atoms with Crippen LogP contribution in [0.15, 0.2) is 47.5 Å². The van der Waals surface area contributed by atoms with Gasteiger partial charge in [-0.1, -0.05) is 32.1 Å². The SMILES string of the molecule is C=C(C)/C(=N\c1cc(C)ccc1CCCC)c1cc2nc(N3CCCC3)cc(N[C@H]3CC[C@H](O)CC3)n2n1. The van der Waals surface area contributed by atoms with E-state index < -0.39 is 0 Å². The molecule has 7 nitrogen and oxygen atoms in total.